The first-order valence-electron chi connectivity index (χ1n) is 10.1. The van der Waals surface area contributed by atoms with Crippen LogP contribution in [0.25, 0.3) is 33.4 Å². The SMILES string of the molecule is N#Cc1ccc(-c2ccc3nc(-c4cccnc4)nc(Nc4ccc(F)c(Cl)c4)c3c2)cc1. The topological polar surface area (TPSA) is 74.5 Å². The monoisotopic (exact) mass is 451 g/mol. The molecule has 0 radical (unpaired) electrons. The van der Waals surface area contributed by atoms with Gasteiger partial charge in [-0.25, -0.2) is 14.4 Å². The second-order valence-electron chi connectivity index (χ2n) is 7.31. The Balaban J connectivity index is 1.66. The number of fused-ring (bicyclic) bond motifs is 1. The molecule has 0 fully saturated rings. The first kappa shape index (κ1) is 20.6. The van der Waals surface area contributed by atoms with Crippen LogP contribution >= 0.6 is 11.6 Å². The van der Waals surface area contributed by atoms with Crippen molar-refractivity contribution in [2.24, 2.45) is 0 Å². The Kier molecular flexibility index (Phi) is 5.39. The summed E-state index contributed by atoms with van der Waals surface area (Å²) in [6.07, 6.45) is 3.39. The van der Waals surface area contributed by atoms with Crippen molar-refractivity contribution in [1.29, 1.82) is 5.26 Å². The van der Waals surface area contributed by atoms with Crippen LogP contribution in [-0.2, 0) is 0 Å². The van der Waals surface area contributed by atoms with Crippen LogP contribution in [0.3, 0.4) is 0 Å². The van der Waals surface area contributed by atoms with E-state index in [4.69, 9.17) is 26.8 Å². The van der Waals surface area contributed by atoms with Gasteiger partial charge in [0.05, 0.1) is 22.2 Å². The van der Waals surface area contributed by atoms with Gasteiger partial charge < -0.3 is 5.32 Å². The van der Waals surface area contributed by atoms with Gasteiger partial charge in [0, 0.05) is 29.0 Å². The number of aromatic nitrogens is 3. The Morgan fingerprint density at radius 3 is 2.42 bits per heavy atom. The molecule has 1 N–H and O–H groups in total. The fourth-order valence-corrected chi connectivity index (χ4v) is 3.66. The predicted octanol–water partition coefficient (Wildman–Crippen LogP) is 6.77. The van der Waals surface area contributed by atoms with Crippen molar-refractivity contribution in [1.82, 2.24) is 15.0 Å². The summed E-state index contributed by atoms with van der Waals surface area (Å²) in [4.78, 5) is 13.6. The minimum atomic E-state index is -0.492. The molecule has 5 nitrogen and oxygen atoms in total. The number of hydrogen-bond donors (Lipinski definition) is 1. The molecule has 0 aliphatic heterocycles. The molecule has 0 unspecified atom stereocenters. The molecular formula is C26H15ClFN5. The zero-order valence-corrected chi connectivity index (χ0v) is 17.9. The van der Waals surface area contributed by atoms with Crippen molar-refractivity contribution in [3.8, 4) is 28.6 Å². The lowest BCUT2D eigenvalue weighted by atomic mass is 10.0. The third-order valence-electron chi connectivity index (χ3n) is 5.15. The zero-order chi connectivity index (χ0) is 22.8. The number of anilines is 2. The van der Waals surface area contributed by atoms with E-state index < -0.39 is 5.82 Å². The van der Waals surface area contributed by atoms with Crippen LogP contribution in [0.5, 0.6) is 0 Å². The van der Waals surface area contributed by atoms with E-state index >= 15 is 0 Å². The van der Waals surface area contributed by atoms with Gasteiger partial charge in [0.1, 0.15) is 11.6 Å². The van der Waals surface area contributed by atoms with E-state index in [0.29, 0.717) is 22.9 Å². The molecule has 0 saturated heterocycles. The van der Waals surface area contributed by atoms with Crippen molar-refractivity contribution < 1.29 is 4.39 Å². The molecule has 158 valence electrons. The van der Waals surface area contributed by atoms with Gasteiger partial charge in [-0.3, -0.25) is 4.98 Å². The second-order valence-corrected chi connectivity index (χ2v) is 7.72. The average Bonchev–Trinajstić information content (AvgIpc) is 2.86. The van der Waals surface area contributed by atoms with Gasteiger partial charge >= 0.3 is 0 Å². The molecule has 0 spiro atoms. The lowest BCUT2D eigenvalue weighted by Gasteiger charge is -2.13. The smallest absolute Gasteiger partial charge is 0.163 e. The number of nitrogens with one attached hydrogen (secondary N) is 1. The van der Waals surface area contributed by atoms with Crippen LogP contribution in [0.4, 0.5) is 15.9 Å². The Hall–Kier alpha value is -4.34. The molecule has 0 saturated carbocycles. The molecule has 5 aromatic rings. The van der Waals surface area contributed by atoms with E-state index in [1.807, 2.05) is 42.5 Å². The zero-order valence-electron chi connectivity index (χ0n) is 17.1. The summed E-state index contributed by atoms with van der Waals surface area (Å²) in [5.41, 5.74) is 4.61. The molecule has 5 rings (SSSR count). The summed E-state index contributed by atoms with van der Waals surface area (Å²) < 4.78 is 13.7. The second kappa shape index (κ2) is 8.65. The minimum absolute atomic E-state index is 0.0177. The molecule has 0 atom stereocenters. The lowest BCUT2D eigenvalue weighted by Crippen LogP contribution is -2.00. The standard InChI is InChI=1S/C26H15ClFN5/c27-22-13-20(8-9-23(22)28)31-26-21-12-18(17-5-3-16(14-29)4-6-17)7-10-24(21)32-25(33-26)19-2-1-11-30-15-19/h1-13,15H,(H,31,32,33). The highest BCUT2D eigenvalue weighted by Gasteiger charge is 2.12. The van der Waals surface area contributed by atoms with Gasteiger partial charge in [0.25, 0.3) is 0 Å². The lowest BCUT2D eigenvalue weighted by molar-refractivity contribution is 0.628. The van der Waals surface area contributed by atoms with Crippen molar-refractivity contribution in [2.75, 3.05) is 5.32 Å². The molecule has 3 aromatic carbocycles. The Labute approximate surface area is 194 Å². The van der Waals surface area contributed by atoms with Crippen LogP contribution in [0.2, 0.25) is 5.02 Å². The number of rotatable bonds is 4. The average molecular weight is 452 g/mol. The Morgan fingerprint density at radius 2 is 1.70 bits per heavy atom. The van der Waals surface area contributed by atoms with E-state index in [0.717, 1.165) is 27.6 Å². The maximum absolute atomic E-state index is 13.7. The van der Waals surface area contributed by atoms with Crippen LogP contribution < -0.4 is 5.32 Å². The largest absolute Gasteiger partial charge is 0.340 e. The number of nitrogens with zero attached hydrogens (tertiary/aromatic N) is 4. The maximum Gasteiger partial charge on any atom is 0.163 e. The Bertz CT molecular complexity index is 1510. The number of halogens is 2. The van der Waals surface area contributed by atoms with Crippen molar-refractivity contribution in [2.45, 2.75) is 0 Å². The maximum atomic E-state index is 13.7. The summed E-state index contributed by atoms with van der Waals surface area (Å²) in [6.45, 7) is 0. The molecule has 0 amide bonds. The summed E-state index contributed by atoms with van der Waals surface area (Å²) in [5, 5.41) is 13.1. The molecule has 2 aromatic heterocycles. The van der Waals surface area contributed by atoms with E-state index in [2.05, 4.69) is 16.4 Å². The van der Waals surface area contributed by atoms with E-state index in [-0.39, 0.29) is 5.02 Å². The molecule has 7 heteroatoms. The van der Waals surface area contributed by atoms with Crippen LogP contribution in [0.1, 0.15) is 5.56 Å². The van der Waals surface area contributed by atoms with E-state index in [1.165, 1.54) is 12.1 Å². The first-order valence-corrected chi connectivity index (χ1v) is 10.4. The van der Waals surface area contributed by atoms with Gasteiger partial charge in [-0.15, -0.1) is 0 Å². The van der Waals surface area contributed by atoms with Crippen molar-refractivity contribution >= 4 is 34.0 Å². The van der Waals surface area contributed by atoms with Crippen LogP contribution in [0.15, 0.2) is 85.2 Å². The molecular weight excluding hydrogens is 437 g/mol. The van der Waals surface area contributed by atoms with Gasteiger partial charge in [0.15, 0.2) is 5.82 Å². The third-order valence-corrected chi connectivity index (χ3v) is 5.43. The van der Waals surface area contributed by atoms with E-state index in [1.54, 1.807) is 30.6 Å². The fourth-order valence-electron chi connectivity index (χ4n) is 3.48. The summed E-state index contributed by atoms with van der Waals surface area (Å²) in [7, 11) is 0. The Morgan fingerprint density at radius 1 is 0.879 bits per heavy atom. The molecule has 0 aliphatic carbocycles. The highest BCUT2D eigenvalue weighted by atomic mass is 35.5. The first-order chi connectivity index (χ1) is 16.1. The van der Waals surface area contributed by atoms with E-state index in [9.17, 15) is 4.39 Å². The summed E-state index contributed by atoms with van der Waals surface area (Å²) >= 11 is 5.98. The minimum Gasteiger partial charge on any atom is -0.340 e. The highest BCUT2D eigenvalue weighted by molar-refractivity contribution is 6.31. The van der Waals surface area contributed by atoms with Gasteiger partial charge in [0.2, 0.25) is 0 Å². The fraction of sp³-hybridized carbons (Fsp3) is 0. The third kappa shape index (κ3) is 4.22. The van der Waals surface area contributed by atoms with Gasteiger partial charge in [-0.2, -0.15) is 5.26 Å². The van der Waals surface area contributed by atoms with Crippen LogP contribution in [-0.4, -0.2) is 15.0 Å². The van der Waals surface area contributed by atoms with Crippen LogP contribution in [0, 0.1) is 17.1 Å². The number of pyridine rings is 1. The predicted molar refractivity (Wildman–Crippen MR) is 128 cm³/mol. The molecule has 0 aliphatic rings. The number of nitriles is 1. The van der Waals surface area contributed by atoms with Crippen molar-refractivity contribution in [3.63, 3.8) is 0 Å². The summed E-state index contributed by atoms with van der Waals surface area (Å²) in [6, 6.07) is 23.5. The van der Waals surface area contributed by atoms with Crippen molar-refractivity contribution in [3.05, 3.63) is 102 Å². The number of hydrogen-bond acceptors (Lipinski definition) is 5. The quantitative estimate of drug-likeness (QED) is 0.326. The molecule has 2 heterocycles. The summed E-state index contributed by atoms with van der Waals surface area (Å²) in [5.74, 6) is 0.573. The van der Waals surface area contributed by atoms with Gasteiger partial charge in [-0.1, -0.05) is 29.8 Å². The number of benzene rings is 3. The normalized spacial score (nSPS) is 10.7. The highest BCUT2D eigenvalue weighted by Crippen LogP contribution is 2.32. The van der Waals surface area contributed by atoms with Gasteiger partial charge in [-0.05, 0) is 65.7 Å². The molecule has 33 heavy (non-hydrogen) atoms. The molecule has 0 bridgehead atoms.